The van der Waals surface area contributed by atoms with Crippen LogP contribution < -0.4 is 0 Å². The number of para-hydroxylation sites is 2. The van der Waals surface area contributed by atoms with Gasteiger partial charge in [0.25, 0.3) is 0 Å². The molecule has 1 aromatic heterocycles. The van der Waals surface area contributed by atoms with Gasteiger partial charge in [0.15, 0.2) is 0 Å². The predicted octanol–water partition coefficient (Wildman–Crippen LogP) is 2.61. The largest absolute Gasteiger partial charge is 0.481 e. The van der Waals surface area contributed by atoms with Crippen LogP contribution >= 0.6 is 11.8 Å². The van der Waals surface area contributed by atoms with Gasteiger partial charge < -0.3 is 14.6 Å². The Hall–Kier alpha value is -2.02. The minimum Gasteiger partial charge on any atom is -0.481 e. The van der Waals surface area contributed by atoms with E-state index in [1.807, 2.05) is 48.9 Å². The quantitative estimate of drug-likeness (QED) is 0.793. The lowest BCUT2D eigenvalue weighted by Crippen LogP contribution is -2.40. The van der Waals surface area contributed by atoms with Crippen molar-refractivity contribution >= 4 is 34.7 Å². The fourth-order valence-electron chi connectivity index (χ4n) is 2.65. The molecule has 0 saturated heterocycles. The highest BCUT2D eigenvalue weighted by molar-refractivity contribution is 7.97. The molecule has 130 valence electrons. The van der Waals surface area contributed by atoms with E-state index in [4.69, 9.17) is 5.11 Å². The van der Waals surface area contributed by atoms with Gasteiger partial charge in [-0.2, -0.15) is 11.8 Å². The van der Waals surface area contributed by atoms with Crippen LogP contribution in [0.1, 0.15) is 26.1 Å². The number of carbonyl (C=O) groups is 2. The summed E-state index contributed by atoms with van der Waals surface area (Å²) in [7, 11) is 0. The van der Waals surface area contributed by atoms with E-state index in [1.54, 1.807) is 16.7 Å². The molecule has 0 bridgehead atoms. The van der Waals surface area contributed by atoms with Crippen LogP contribution in [0.5, 0.6) is 0 Å². The normalized spacial score (nSPS) is 11.2. The van der Waals surface area contributed by atoms with E-state index in [-0.39, 0.29) is 31.5 Å². The molecule has 1 amide bonds. The summed E-state index contributed by atoms with van der Waals surface area (Å²) in [5.74, 6) is 0.596. The molecular formula is C17H23N3O3S. The molecule has 0 spiro atoms. The van der Waals surface area contributed by atoms with Crippen LogP contribution in [0.25, 0.3) is 11.0 Å². The fraction of sp³-hybridized carbons (Fsp3) is 0.471. The molecule has 0 aliphatic heterocycles. The Morgan fingerprint density at radius 1 is 1.33 bits per heavy atom. The maximum atomic E-state index is 12.7. The molecule has 6 nitrogen and oxygen atoms in total. The minimum absolute atomic E-state index is 0.0457. The summed E-state index contributed by atoms with van der Waals surface area (Å²) in [6.45, 7) is 4.19. The zero-order chi connectivity index (χ0) is 17.7. The van der Waals surface area contributed by atoms with Crippen molar-refractivity contribution in [1.82, 2.24) is 14.5 Å². The highest BCUT2D eigenvalue weighted by atomic mass is 32.2. The third-order valence-corrected chi connectivity index (χ3v) is 4.36. The highest BCUT2D eigenvalue weighted by Crippen LogP contribution is 2.19. The molecule has 0 fully saturated rings. The molecular weight excluding hydrogens is 326 g/mol. The number of imidazole rings is 1. The Balaban J connectivity index is 2.27. The molecule has 1 N–H and O–H groups in total. The van der Waals surface area contributed by atoms with E-state index >= 15 is 0 Å². The zero-order valence-electron chi connectivity index (χ0n) is 14.2. The maximum Gasteiger partial charge on any atom is 0.305 e. The van der Waals surface area contributed by atoms with Crippen molar-refractivity contribution < 1.29 is 14.7 Å². The number of rotatable bonds is 8. The molecule has 7 heteroatoms. The fourth-order valence-corrected chi connectivity index (χ4v) is 3.13. The van der Waals surface area contributed by atoms with Gasteiger partial charge in [0.2, 0.25) is 5.91 Å². The zero-order valence-corrected chi connectivity index (χ0v) is 15.0. The van der Waals surface area contributed by atoms with Gasteiger partial charge in [0, 0.05) is 12.6 Å². The smallest absolute Gasteiger partial charge is 0.305 e. The molecule has 0 saturated carbocycles. The molecule has 0 aliphatic rings. The van der Waals surface area contributed by atoms with Gasteiger partial charge in [-0.05, 0) is 32.2 Å². The maximum absolute atomic E-state index is 12.7. The lowest BCUT2D eigenvalue weighted by molar-refractivity contribution is -0.139. The number of nitrogens with zero attached hydrogens (tertiary/aromatic N) is 3. The number of hydrogen-bond acceptors (Lipinski definition) is 4. The number of carboxylic acid groups (broad SMARTS) is 1. The van der Waals surface area contributed by atoms with Crippen LogP contribution in [0.2, 0.25) is 0 Å². The molecule has 0 unspecified atom stereocenters. The van der Waals surface area contributed by atoms with E-state index in [1.165, 1.54) is 0 Å². The summed E-state index contributed by atoms with van der Waals surface area (Å²) < 4.78 is 1.93. The van der Waals surface area contributed by atoms with Crippen molar-refractivity contribution in [2.75, 3.05) is 12.8 Å². The third kappa shape index (κ3) is 4.29. The number of aliphatic carboxylic acids is 1. The standard InChI is InChI=1S/C17H23N3O3S/c1-12(2)19(9-8-17(22)23)16(21)10-20-14-7-5-4-6-13(14)18-15(20)11-24-3/h4-7,12H,8-11H2,1-3H3,(H,22,23). The van der Waals surface area contributed by atoms with Crippen LogP contribution in [-0.4, -0.2) is 50.3 Å². The van der Waals surface area contributed by atoms with Crippen molar-refractivity contribution in [3.8, 4) is 0 Å². The summed E-state index contributed by atoms with van der Waals surface area (Å²) in [5, 5.41) is 8.88. The molecule has 2 aromatic rings. The van der Waals surface area contributed by atoms with Gasteiger partial charge in [-0.1, -0.05) is 12.1 Å². The average Bonchev–Trinajstić information content (AvgIpc) is 2.85. The first kappa shape index (κ1) is 18.3. The van der Waals surface area contributed by atoms with Gasteiger partial charge >= 0.3 is 5.97 Å². The van der Waals surface area contributed by atoms with Crippen LogP contribution in [0.3, 0.4) is 0 Å². The number of amides is 1. The first-order valence-electron chi connectivity index (χ1n) is 7.88. The molecule has 24 heavy (non-hydrogen) atoms. The second kappa shape index (κ2) is 8.19. The van der Waals surface area contributed by atoms with Crippen molar-refractivity contribution in [2.45, 2.75) is 38.6 Å². The first-order chi connectivity index (χ1) is 11.4. The number of carbonyl (C=O) groups excluding carboxylic acids is 1. The summed E-state index contributed by atoms with van der Waals surface area (Å²) >= 11 is 1.65. The first-order valence-corrected chi connectivity index (χ1v) is 9.27. The topological polar surface area (TPSA) is 75.4 Å². The van der Waals surface area contributed by atoms with Gasteiger partial charge in [0.05, 0.1) is 23.2 Å². The summed E-state index contributed by atoms with van der Waals surface area (Å²) in [4.78, 5) is 29.8. The number of thioether (sulfide) groups is 1. The molecule has 0 radical (unpaired) electrons. The number of fused-ring (bicyclic) bond motifs is 1. The van der Waals surface area contributed by atoms with E-state index in [9.17, 15) is 9.59 Å². The lowest BCUT2D eigenvalue weighted by atomic mass is 10.2. The molecule has 1 aromatic carbocycles. The van der Waals surface area contributed by atoms with Crippen LogP contribution in [-0.2, 0) is 21.9 Å². The van der Waals surface area contributed by atoms with Gasteiger partial charge in [-0.25, -0.2) is 4.98 Å². The summed E-state index contributed by atoms with van der Waals surface area (Å²) in [6, 6.07) is 7.70. The average molecular weight is 349 g/mol. The number of benzene rings is 1. The van der Waals surface area contributed by atoms with E-state index in [0.29, 0.717) is 0 Å². The Morgan fingerprint density at radius 3 is 2.67 bits per heavy atom. The van der Waals surface area contributed by atoms with Crippen molar-refractivity contribution in [2.24, 2.45) is 0 Å². The van der Waals surface area contributed by atoms with Gasteiger partial charge in [-0.3, -0.25) is 9.59 Å². The molecule has 2 rings (SSSR count). The van der Waals surface area contributed by atoms with Crippen molar-refractivity contribution in [1.29, 1.82) is 0 Å². The second-order valence-electron chi connectivity index (χ2n) is 5.86. The molecule has 1 heterocycles. The SMILES string of the molecule is CSCc1nc2ccccc2n1CC(=O)N(CCC(=O)O)C(C)C. The second-order valence-corrected chi connectivity index (χ2v) is 6.73. The summed E-state index contributed by atoms with van der Waals surface area (Å²) in [5.41, 5.74) is 1.80. The molecule has 0 atom stereocenters. The number of aromatic nitrogens is 2. The number of hydrogen-bond donors (Lipinski definition) is 1. The number of carboxylic acids is 1. The Kier molecular flexibility index (Phi) is 6.25. The van der Waals surface area contributed by atoms with E-state index in [0.717, 1.165) is 22.6 Å². The van der Waals surface area contributed by atoms with Gasteiger partial charge in [0.1, 0.15) is 12.4 Å². The van der Waals surface area contributed by atoms with Crippen molar-refractivity contribution in [3.63, 3.8) is 0 Å². The monoisotopic (exact) mass is 349 g/mol. The van der Waals surface area contributed by atoms with Crippen LogP contribution in [0, 0.1) is 0 Å². The Bertz CT molecular complexity index is 727. The third-order valence-electron chi connectivity index (χ3n) is 3.81. The Morgan fingerprint density at radius 2 is 2.04 bits per heavy atom. The highest BCUT2D eigenvalue weighted by Gasteiger charge is 2.20. The van der Waals surface area contributed by atoms with Crippen molar-refractivity contribution in [3.05, 3.63) is 30.1 Å². The van der Waals surface area contributed by atoms with E-state index < -0.39 is 5.97 Å². The Labute approximate surface area is 145 Å². The lowest BCUT2D eigenvalue weighted by Gasteiger charge is -2.26. The molecule has 0 aliphatic carbocycles. The van der Waals surface area contributed by atoms with Crippen LogP contribution in [0.15, 0.2) is 24.3 Å². The summed E-state index contributed by atoms with van der Waals surface area (Å²) in [6.07, 6.45) is 1.95. The van der Waals surface area contributed by atoms with E-state index in [2.05, 4.69) is 4.98 Å². The van der Waals surface area contributed by atoms with Gasteiger partial charge in [-0.15, -0.1) is 0 Å². The minimum atomic E-state index is -0.899. The van der Waals surface area contributed by atoms with Crippen LogP contribution in [0.4, 0.5) is 0 Å². The predicted molar refractivity (Wildman–Crippen MR) is 96.1 cm³/mol.